The lowest BCUT2D eigenvalue weighted by Crippen LogP contribution is -2.40. The van der Waals surface area contributed by atoms with Crippen LogP contribution in [0, 0.1) is 23.7 Å². The Bertz CT molecular complexity index is 555. The van der Waals surface area contributed by atoms with Gasteiger partial charge in [-0.15, -0.1) is 0 Å². The number of pyridine rings is 1. The fourth-order valence-electron chi connectivity index (χ4n) is 3.31. The number of nitrogens with one attached hydrogen (secondary N) is 1. The number of carbonyl (C=O) groups excluding carboxylic acids is 1. The third kappa shape index (κ3) is 2.19. The minimum absolute atomic E-state index is 0.00287. The van der Waals surface area contributed by atoms with E-state index in [-0.39, 0.29) is 17.7 Å². The zero-order valence-corrected chi connectivity index (χ0v) is 10.9. The van der Waals surface area contributed by atoms with Crippen LogP contribution in [0.2, 0.25) is 0 Å². The van der Waals surface area contributed by atoms with E-state index in [0.717, 1.165) is 12.1 Å². The zero-order chi connectivity index (χ0) is 14.1. The molecule has 5 heteroatoms. The summed E-state index contributed by atoms with van der Waals surface area (Å²) in [5.41, 5.74) is 0.770. The van der Waals surface area contributed by atoms with Crippen LogP contribution in [0.15, 0.2) is 36.5 Å². The number of hydrogen-bond donors (Lipinski definition) is 2. The lowest BCUT2D eigenvalue weighted by molar-refractivity contribution is -0.147. The van der Waals surface area contributed by atoms with E-state index in [0.29, 0.717) is 6.54 Å². The molecular weight excluding hydrogens is 256 g/mol. The summed E-state index contributed by atoms with van der Waals surface area (Å²) in [4.78, 5) is 27.8. The average Bonchev–Trinajstić information content (AvgIpc) is 3.06. The molecule has 20 heavy (non-hydrogen) atoms. The van der Waals surface area contributed by atoms with Crippen LogP contribution < -0.4 is 5.32 Å². The maximum atomic E-state index is 12.3. The summed E-state index contributed by atoms with van der Waals surface area (Å²) in [6.45, 7) is 0.337. The van der Waals surface area contributed by atoms with Crippen LogP contribution in [0.4, 0.5) is 0 Å². The van der Waals surface area contributed by atoms with E-state index in [9.17, 15) is 14.7 Å². The van der Waals surface area contributed by atoms with E-state index < -0.39 is 17.8 Å². The van der Waals surface area contributed by atoms with Gasteiger partial charge in [-0.2, -0.15) is 0 Å². The number of aliphatic carboxylic acids is 1. The maximum absolute atomic E-state index is 12.3. The van der Waals surface area contributed by atoms with E-state index in [1.165, 1.54) is 0 Å². The van der Waals surface area contributed by atoms with Gasteiger partial charge in [-0.25, -0.2) is 0 Å². The van der Waals surface area contributed by atoms with Crippen LogP contribution in [-0.2, 0) is 16.1 Å². The van der Waals surface area contributed by atoms with Gasteiger partial charge in [0.05, 0.1) is 24.1 Å². The summed E-state index contributed by atoms with van der Waals surface area (Å²) in [6.07, 6.45) is 6.36. The number of carboxylic acids is 1. The van der Waals surface area contributed by atoms with E-state index in [1.54, 1.807) is 6.20 Å². The Hall–Kier alpha value is -2.17. The Kier molecular flexibility index (Phi) is 3.26. The fraction of sp³-hybridized carbons (Fsp3) is 0.400. The second-order valence-corrected chi connectivity index (χ2v) is 5.38. The highest BCUT2D eigenvalue weighted by Crippen LogP contribution is 2.48. The van der Waals surface area contributed by atoms with Crippen molar-refractivity contribution in [2.45, 2.75) is 13.0 Å². The molecule has 0 unspecified atom stereocenters. The fourth-order valence-corrected chi connectivity index (χ4v) is 3.31. The molecule has 3 rings (SSSR count). The average molecular weight is 272 g/mol. The molecule has 1 aromatic rings. The highest BCUT2D eigenvalue weighted by molar-refractivity contribution is 5.86. The molecular formula is C15H16N2O3. The standard InChI is InChI=1S/C15H16N2O3/c18-14(17-8-11-3-1-2-6-16-11)12-9-4-5-10(7-9)13(12)15(19)20/h1-6,9-10,12-13H,7-8H2,(H,17,18)(H,19,20)/t9-,10+,12+,13-/m0/s1. The van der Waals surface area contributed by atoms with Crippen LogP contribution in [0.25, 0.3) is 0 Å². The largest absolute Gasteiger partial charge is 0.481 e. The lowest BCUT2D eigenvalue weighted by Gasteiger charge is -2.23. The first-order valence-corrected chi connectivity index (χ1v) is 6.75. The molecule has 1 aromatic heterocycles. The van der Waals surface area contributed by atoms with E-state index in [1.807, 2.05) is 30.4 Å². The zero-order valence-electron chi connectivity index (χ0n) is 10.9. The van der Waals surface area contributed by atoms with Gasteiger partial charge < -0.3 is 10.4 Å². The number of hydrogen-bond acceptors (Lipinski definition) is 3. The van der Waals surface area contributed by atoms with E-state index in [2.05, 4.69) is 10.3 Å². The van der Waals surface area contributed by atoms with Gasteiger partial charge in [-0.05, 0) is 30.4 Å². The van der Waals surface area contributed by atoms with Crippen molar-refractivity contribution in [2.75, 3.05) is 0 Å². The molecule has 1 amide bonds. The van der Waals surface area contributed by atoms with Gasteiger partial charge in [0.2, 0.25) is 5.91 Å². The van der Waals surface area contributed by atoms with Crippen molar-refractivity contribution < 1.29 is 14.7 Å². The molecule has 0 radical (unpaired) electrons. The first kappa shape index (κ1) is 12.8. The summed E-state index contributed by atoms with van der Waals surface area (Å²) < 4.78 is 0. The monoisotopic (exact) mass is 272 g/mol. The Labute approximate surface area is 116 Å². The number of nitrogens with zero attached hydrogens (tertiary/aromatic N) is 1. The minimum Gasteiger partial charge on any atom is -0.481 e. The highest BCUT2D eigenvalue weighted by Gasteiger charge is 2.51. The van der Waals surface area contributed by atoms with E-state index >= 15 is 0 Å². The molecule has 1 fully saturated rings. The smallest absolute Gasteiger partial charge is 0.307 e. The maximum Gasteiger partial charge on any atom is 0.307 e. The second-order valence-electron chi connectivity index (χ2n) is 5.38. The minimum atomic E-state index is -0.875. The van der Waals surface area contributed by atoms with Crippen molar-refractivity contribution >= 4 is 11.9 Å². The Morgan fingerprint density at radius 3 is 2.65 bits per heavy atom. The summed E-state index contributed by atoms with van der Waals surface area (Å²) in [5.74, 6) is -2.03. The normalized spacial score (nSPS) is 30.4. The summed E-state index contributed by atoms with van der Waals surface area (Å²) in [6, 6.07) is 5.50. The predicted molar refractivity (Wildman–Crippen MR) is 71.4 cm³/mol. The molecule has 104 valence electrons. The van der Waals surface area contributed by atoms with Crippen LogP contribution in [0.3, 0.4) is 0 Å². The predicted octanol–water partition coefficient (Wildman–Crippen LogP) is 1.22. The number of carbonyl (C=O) groups is 2. The number of aromatic nitrogens is 1. The van der Waals surface area contributed by atoms with Crippen molar-refractivity contribution in [3.8, 4) is 0 Å². The van der Waals surface area contributed by atoms with Crippen molar-refractivity contribution in [2.24, 2.45) is 23.7 Å². The first-order chi connectivity index (χ1) is 9.66. The summed E-state index contributed by atoms with van der Waals surface area (Å²) in [5, 5.41) is 12.1. The van der Waals surface area contributed by atoms with Gasteiger partial charge in [-0.3, -0.25) is 14.6 Å². The van der Waals surface area contributed by atoms with Crippen molar-refractivity contribution in [1.29, 1.82) is 0 Å². The molecule has 1 heterocycles. The SMILES string of the molecule is O=C(O)[C@@H]1[C@H](C(=O)NCc2ccccn2)[C@H]2C=C[C@@H]1C2. The molecule has 2 bridgehead atoms. The van der Waals surface area contributed by atoms with Crippen LogP contribution in [-0.4, -0.2) is 22.0 Å². The molecule has 2 N–H and O–H groups in total. The van der Waals surface area contributed by atoms with Crippen LogP contribution >= 0.6 is 0 Å². The quantitative estimate of drug-likeness (QED) is 0.808. The Balaban J connectivity index is 1.68. The highest BCUT2D eigenvalue weighted by atomic mass is 16.4. The Morgan fingerprint density at radius 2 is 2.00 bits per heavy atom. The van der Waals surface area contributed by atoms with E-state index in [4.69, 9.17) is 0 Å². The van der Waals surface area contributed by atoms with Crippen molar-refractivity contribution in [3.05, 3.63) is 42.2 Å². The van der Waals surface area contributed by atoms with Gasteiger partial charge in [0.25, 0.3) is 0 Å². The van der Waals surface area contributed by atoms with Crippen molar-refractivity contribution in [3.63, 3.8) is 0 Å². The molecule has 0 aliphatic heterocycles. The molecule has 4 atom stereocenters. The van der Waals surface area contributed by atoms with Crippen molar-refractivity contribution in [1.82, 2.24) is 10.3 Å². The first-order valence-electron chi connectivity index (χ1n) is 6.75. The summed E-state index contributed by atoms with van der Waals surface area (Å²) in [7, 11) is 0. The topological polar surface area (TPSA) is 79.3 Å². The number of amides is 1. The van der Waals surface area contributed by atoms with Gasteiger partial charge in [-0.1, -0.05) is 18.2 Å². The number of rotatable bonds is 4. The number of carboxylic acid groups (broad SMARTS) is 1. The molecule has 2 aliphatic carbocycles. The van der Waals surface area contributed by atoms with Gasteiger partial charge in [0, 0.05) is 6.20 Å². The number of allylic oxidation sites excluding steroid dienone is 2. The van der Waals surface area contributed by atoms with Crippen LogP contribution in [0.1, 0.15) is 12.1 Å². The van der Waals surface area contributed by atoms with Gasteiger partial charge in [0.1, 0.15) is 0 Å². The molecule has 0 spiro atoms. The third-order valence-corrected chi connectivity index (χ3v) is 4.22. The molecule has 5 nitrogen and oxygen atoms in total. The number of fused-ring (bicyclic) bond motifs is 2. The third-order valence-electron chi connectivity index (χ3n) is 4.22. The summed E-state index contributed by atoms with van der Waals surface area (Å²) >= 11 is 0. The second kappa shape index (κ2) is 5.07. The lowest BCUT2D eigenvalue weighted by atomic mass is 9.82. The van der Waals surface area contributed by atoms with Crippen LogP contribution in [0.5, 0.6) is 0 Å². The molecule has 2 aliphatic rings. The Morgan fingerprint density at radius 1 is 1.25 bits per heavy atom. The molecule has 1 saturated carbocycles. The molecule has 0 saturated heterocycles. The van der Waals surface area contributed by atoms with Gasteiger partial charge in [0.15, 0.2) is 0 Å². The molecule has 0 aromatic carbocycles. The van der Waals surface area contributed by atoms with Gasteiger partial charge >= 0.3 is 5.97 Å².